The van der Waals surface area contributed by atoms with Gasteiger partial charge in [0, 0.05) is 61.1 Å². The minimum atomic E-state index is -3.87. The van der Waals surface area contributed by atoms with E-state index in [4.69, 9.17) is 4.74 Å². The van der Waals surface area contributed by atoms with Crippen molar-refractivity contribution in [1.29, 1.82) is 0 Å². The van der Waals surface area contributed by atoms with Crippen molar-refractivity contribution in [3.8, 4) is 0 Å². The molecule has 149 heavy (non-hydrogen) atoms. The quantitative estimate of drug-likeness (QED) is 0.0175. The molecule has 774 valence electrons. The molecule has 0 saturated carbocycles. The monoisotopic (exact) mass is 2100 g/mol. The molecular weight excluding hydrogens is 1980 g/mol. The number of benzene rings is 15. The smallest absolute Gasteiger partial charge is 0.264 e. The topological polar surface area (TPSA) is 382 Å². The summed E-state index contributed by atoms with van der Waals surface area (Å²) in [6, 6.07) is 121. The number of amides is 5. The lowest BCUT2D eigenvalue weighted by molar-refractivity contribution is 0.0910. The van der Waals surface area contributed by atoms with E-state index in [-0.39, 0.29) is 106 Å². The molecule has 15 rings (SSSR count). The predicted octanol–water partition coefficient (Wildman–Crippen LogP) is 18.5. The van der Waals surface area contributed by atoms with Crippen molar-refractivity contribution in [2.45, 2.75) is 110 Å². The second-order valence-electron chi connectivity index (χ2n) is 34.3. The van der Waals surface area contributed by atoms with E-state index < -0.39 is 56.2 Å². The first-order valence-electron chi connectivity index (χ1n) is 48.1. The number of aliphatic hydroxyl groups is 2. The third kappa shape index (κ3) is 33.1. The van der Waals surface area contributed by atoms with Crippen LogP contribution in [0.5, 0.6) is 0 Å². The van der Waals surface area contributed by atoms with Crippen LogP contribution in [0.25, 0.3) is 0 Å². The maximum atomic E-state index is 13.5. The number of nitrogens with zero attached hydrogens (tertiary/aromatic N) is 5. The Balaban J connectivity index is 0.000000177. The van der Waals surface area contributed by atoms with E-state index in [9.17, 15) is 76.3 Å². The number of ether oxygens (including phenoxy) is 1. The van der Waals surface area contributed by atoms with Gasteiger partial charge in [-0.15, -0.1) is 0 Å². The molecule has 33 heteroatoms. The van der Waals surface area contributed by atoms with Crippen LogP contribution in [0, 0.1) is 5.92 Å². The van der Waals surface area contributed by atoms with Gasteiger partial charge in [0.2, 0.25) is 0 Å². The predicted molar refractivity (Wildman–Crippen MR) is 586 cm³/mol. The number of hydrogen-bond donors (Lipinski definition) is 7. The molecule has 0 saturated heterocycles. The van der Waals surface area contributed by atoms with Crippen LogP contribution in [-0.4, -0.2) is 140 Å². The van der Waals surface area contributed by atoms with Crippen LogP contribution in [0.15, 0.2) is 449 Å². The van der Waals surface area contributed by atoms with Gasteiger partial charge in [-0.1, -0.05) is 294 Å². The highest BCUT2D eigenvalue weighted by Crippen LogP contribution is 2.34. The zero-order chi connectivity index (χ0) is 107. The maximum Gasteiger partial charge on any atom is 0.264 e. The maximum absolute atomic E-state index is 13.5. The summed E-state index contributed by atoms with van der Waals surface area (Å²) >= 11 is 0. The molecule has 2 atom stereocenters. The average molecular weight is 2100 g/mol. The number of anilines is 5. The molecule has 0 aromatic heterocycles. The first kappa shape index (κ1) is 114. The van der Waals surface area contributed by atoms with Crippen molar-refractivity contribution in [2.75, 3.05) is 68.0 Å². The summed E-state index contributed by atoms with van der Waals surface area (Å²) in [5.74, 6) is -1.16. The Morgan fingerprint density at radius 2 is 0.497 bits per heavy atom. The van der Waals surface area contributed by atoms with E-state index in [2.05, 4.69) is 26.6 Å². The molecule has 0 heterocycles. The van der Waals surface area contributed by atoms with Crippen LogP contribution in [0.4, 0.5) is 28.4 Å². The molecule has 0 radical (unpaired) electrons. The molecular formula is C116H122N10O18S5. The van der Waals surface area contributed by atoms with Gasteiger partial charge in [-0.2, -0.15) is 0 Å². The van der Waals surface area contributed by atoms with Crippen LogP contribution >= 0.6 is 0 Å². The van der Waals surface area contributed by atoms with Gasteiger partial charge in [0.1, 0.15) is 0 Å². The third-order valence-electron chi connectivity index (χ3n) is 22.7. The fourth-order valence-electron chi connectivity index (χ4n) is 14.8. The minimum Gasteiger partial charge on any atom is -0.394 e. The summed E-state index contributed by atoms with van der Waals surface area (Å²) in [7, 11) is -17.6. The van der Waals surface area contributed by atoms with E-state index in [1.54, 1.807) is 287 Å². The Kier molecular flexibility index (Phi) is 42.9. The molecule has 0 aliphatic carbocycles. The molecule has 15 aromatic carbocycles. The molecule has 28 nitrogen and oxygen atoms in total. The van der Waals surface area contributed by atoms with Crippen molar-refractivity contribution in [1.82, 2.24) is 26.6 Å². The summed E-state index contributed by atoms with van der Waals surface area (Å²) in [5.41, 5.74) is 8.12. The van der Waals surface area contributed by atoms with Gasteiger partial charge < -0.3 is 41.5 Å². The molecule has 5 amide bonds. The summed E-state index contributed by atoms with van der Waals surface area (Å²) < 4.78 is 146. The first-order chi connectivity index (χ1) is 71.7. The van der Waals surface area contributed by atoms with E-state index in [1.807, 2.05) is 179 Å². The summed E-state index contributed by atoms with van der Waals surface area (Å²) in [4.78, 5) is 63.2. The number of sulfonamides is 5. The van der Waals surface area contributed by atoms with E-state index >= 15 is 0 Å². The highest BCUT2D eigenvalue weighted by Gasteiger charge is 2.33. The Labute approximate surface area is 874 Å². The third-order valence-corrected chi connectivity index (χ3v) is 31.6. The molecule has 0 spiro atoms. The number of carbonyl (C=O) groups is 5. The largest absolute Gasteiger partial charge is 0.394 e. The molecule has 7 N–H and O–H groups in total. The number of aliphatic hydroxyl groups excluding tert-OH is 2. The van der Waals surface area contributed by atoms with Gasteiger partial charge in [0.15, 0.2) is 0 Å². The van der Waals surface area contributed by atoms with E-state index in [1.165, 1.54) is 21.5 Å². The van der Waals surface area contributed by atoms with Crippen molar-refractivity contribution >= 4 is 108 Å². The Bertz CT molecular complexity index is 7250. The second-order valence-corrected chi connectivity index (χ2v) is 43.6. The zero-order valence-electron chi connectivity index (χ0n) is 83.3. The summed E-state index contributed by atoms with van der Waals surface area (Å²) in [5, 5.41) is 32.5. The number of hydrogen-bond acceptors (Lipinski definition) is 18. The molecule has 2 unspecified atom stereocenters. The Hall–Kier alpha value is -15.7. The van der Waals surface area contributed by atoms with Gasteiger partial charge in [0.05, 0.1) is 111 Å². The second kappa shape index (κ2) is 56.3. The van der Waals surface area contributed by atoms with Crippen LogP contribution in [-0.2, 0) is 87.6 Å². The van der Waals surface area contributed by atoms with Crippen molar-refractivity contribution in [3.05, 3.63) is 480 Å². The van der Waals surface area contributed by atoms with Crippen LogP contribution < -0.4 is 48.1 Å². The van der Waals surface area contributed by atoms with Crippen molar-refractivity contribution in [2.24, 2.45) is 5.92 Å². The standard InChI is InChI=1S/C24H26N2O4S.C24H26N2O3S.2C23H24N2O4S.C22H22N2O3S/c1-2-21(18-27)25-24(28)20-12-9-13-22(16-20)26(17-19-10-5-3-6-11-19)31(29,30)23-14-7-4-8-15-23;1-19(2)17-25-24(27)21-12-9-13-22(16-21)26(18-20-10-5-3-6-11-20)30(28,29)23-14-7-4-8-15-23;1-18(26)16-24-23(27)20-11-8-12-21(15-20)25(17-19-9-4-2-5-10-19)30(28,29)22-13-6-3-7-14-22;1-29-16-15-24-23(26)20-11-8-12-21(17-20)25(18-19-9-4-2-5-10-19)30(27,28)22-13-6-3-7-14-22;1-2-23-22(25)19-12-9-13-20(16-19)24(17-18-10-5-3-6-11-18)28(26,27)21-14-7-4-8-15-21/h3-16,21,27H,2,17-18H2,1H3,(H,25,28);3-16,19H,17-18H2,1-2H3,(H,25,27);2-15,18,26H,16-17H2,1H3,(H,24,27);2-14,17H,15-16,18H2,1H3,(H,24,26);3-16H,2,17H2,1H3,(H,23,25). The fraction of sp³-hybridized carbons (Fsp3) is 0.181. The summed E-state index contributed by atoms with van der Waals surface area (Å²) in [6.07, 6.45) is -0.0880. The summed E-state index contributed by atoms with van der Waals surface area (Å²) in [6.45, 7) is 11.8. The number of methoxy groups -OCH3 is 1. The number of rotatable bonds is 41. The van der Waals surface area contributed by atoms with Crippen LogP contribution in [0.1, 0.15) is 121 Å². The van der Waals surface area contributed by atoms with Gasteiger partial charge >= 0.3 is 0 Å². The van der Waals surface area contributed by atoms with Crippen LogP contribution in [0.3, 0.4) is 0 Å². The fourth-order valence-corrected chi connectivity index (χ4v) is 22.2. The lowest BCUT2D eigenvalue weighted by Gasteiger charge is -2.25. The average Bonchev–Trinajstić information content (AvgIpc) is 0.803. The molecule has 0 bridgehead atoms. The highest BCUT2D eigenvalue weighted by molar-refractivity contribution is 7.94. The van der Waals surface area contributed by atoms with Crippen molar-refractivity contribution in [3.63, 3.8) is 0 Å². The Morgan fingerprint density at radius 1 is 0.282 bits per heavy atom. The lowest BCUT2D eigenvalue weighted by Crippen LogP contribution is -2.37. The number of nitrogens with one attached hydrogen (secondary N) is 5. The minimum absolute atomic E-state index is 0.110. The normalized spacial score (nSPS) is 11.6. The van der Waals surface area contributed by atoms with Crippen LogP contribution in [0.2, 0.25) is 0 Å². The van der Waals surface area contributed by atoms with Gasteiger partial charge in [-0.25, -0.2) is 42.1 Å². The lowest BCUT2D eigenvalue weighted by atomic mass is 10.1. The van der Waals surface area contributed by atoms with Gasteiger partial charge in [-0.05, 0) is 206 Å². The van der Waals surface area contributed by atoms with E-state index in [0.29, 0.717) is 94.8 Å². The van der Waals surface area contributed by atoms with E-state index in [0.717, 1.165) is 27.8 Å². The van der Waals surface area contributed by atoms with Gasteiger partial charge in [0.25, 0.3) is 79.7 Å². The van der Waals surface area contributed by atoms with Crippen molar-refractivity contribution < 1.29 is 81.0 Å². The SMILES string of the molecule is CC(C)CNC(=O)c1cccc(N(Cc2ccccc2)S(=O)(=O)c2ccccc2)c1.CC(O)CNC(=O)c1cccc(N(Cc2ccccc2)S(=O)(=O)c2ccccc2)c1.CCC(CO)NC(=O)c1cccc(N(Cc2ccccc2)S(=O)(=O)c2ccccc2)c1.CCNC(=O)c1cccc(N(Cc2ccccc2)S(=O)(=O)c2ccccc2)c1.COCCNC(=O)c1cccc(N(Cc2ccccc2)S(=O)(=O)c2ccccc2)c1. The van der Waals surface area contributed by atoms with Gasteiger partial charge in [-0.3, -0.25) is 45.5 Å². The molecule has 0 fully saturated rings. The molecule has 0 aliphatic rings. The molecule has 15 aromatic rings. The molecule has 0 aliphatic heterocycles. The zero-order valence-corrected chi connectivity index (χ0v) is 87.4. The first-order valence-corrected chi connectivity index (χ1v) is 55.3. The Morgan fingerprint density at radius 3 is 0.705 bits per heavy atom. The number of carbonyl (C=O) groups excluding carboxylic acids is 5. The highest BCUT2D eigenvalue weighted by atomic mass is 32.2.